The van der Waals surface area contributed by atoms with Crippen LogP contribution < -0.4 is 10.5 Å². The van der Waals surface area contributed by atoms with E-state index in [1.165, 1.54) is 7.11 Å². The summed E-state index contributed by atoms with van der Waals surface area (Å²) >= 11 is 0. The zero-order valence-electron chi connectivity index (χ0n) is 19.8. The molecule has 35 heavy (non-hydrogen) atoms. The first kappa shape index (κ1) is 23.9. The Morgan fingerprint density at radius 2 is 1.51 bits per heavy atom. The number of nitrogen functional groups attached to an aromatic ring is 1. The van der Waals surface area contributed by atoms with Crippen molar-refractivity contribution in [1.82, 2.24) is 9.97 Å². The third-order valence-electron chi connectivity index (χ3n) is 5.95. The lowest BCUT2D eigenvalue weighted by atomic mass is 9.81. The van der Waals surface area contributed by atoms with Gasteiger partial charge in [0.2, 0.25) is 6.10 Å². The van der Waals surface area contributed by atoms with Gasteiger partial charge in [0, 0.05) is 24.1 Å². The van der Waals surface area contributed by atoms with E-state index in [4.69, 9.17) is 15.2 Å². The molecule has 3 aromatic carbocycles. The van der Waals surface area contributed by atoms with Gasteiger partial charge in [-0.3, -0.25) is 0 Å². The molecule has 1 atom stereocenters. The van der Waals surface area contributed by atoms with Gasteiger partial charge in [0.1, 0.15) is 0 Å². The van der Waals surface area contributed by atoms with Crippen LogP contribution in [0.5, 0.6) is 6.01 Å². The van der Waals surface area contributed by atoms with Crippen molar-refractivity contribution >= 4 is 11.7 Å². The van der Waals surface area contributed by atoms with Gasteiger partial charge in [-0.2, -0.15) is 4.98 Å². The fourth-order valence-corrected chi connectivity index (χ4v) is 4.14. The average Bonchev–Trinajstić information content (AvgIpc) is 2.86. The molecule has 0 saturated heterocycles. The van der Waals surface area contributed by atoms with Crippen molar-refractivity contribution in [1.29, 1.82) is 0 Å². The van der Waals surface area contributed by atoms with Crippen molar-refractivity contribution < 1.29 is 19.4 Å². The highest BCUT2D eigenvalue weighted by Crippen LogP contribution is 2.38. The number of hydrogen-bond acceptors (Lipinski definition) is 6. The lowest BCUT2D eigenvalue weighted by Gasteiger charge is -2.37. The Labute approximate surface area is 204 Å². The lowest BCUT2D eigenvalue weighted by molar-refractivity contribution is -0.160. The normalized spacial score (nSPS) is 12.2. The molecule has 0 spiro atoms. The van der Waals surface area contributed by atoms with Gasteiger partial charge in [-0.1, -0.05) is 72.8 Å². The van der Waals surface area contributed by atoms with E-state index in [0.29, 0.717) is 28.2 Å². The molecule has 0 saturated carbocycles. The number of aliphatic carboxylic acids is 1. The summed E-state index contributed by atoms with van der Waals surface area (Å²) in [4.78, 5) is 21.6. The minimum Gasteiger partial charge on any atom is -0.478 e. The van der Waals surface area contributed by atoms with Crippen LogP contribution in [-0.2, 0) is 15.1 Å². The molecule has 0 radical (unpaired) electrons. The van der Waals surface area contributed by atoms with Crippen LogP contribution in [-0.4, -0.2) is 34.3 Å². The van der Waals surface area contributed by atoms with Gasteiger partial charge >= 0.3 is 12.0 Å². The van der Waals surface area contributed by atoms with Crippen molar-refractivity contribution in [3.8, 4) is 17.3 Å². The number of ether oxygens (including phenoxy) is 2. The van der Waals surface area contributed by atoms with Gasteiger partial charge in [0.05, 0.1) is 5.69 Å². The molecule has 7 nitrogen and oxygen atoms in total. The Balaban J connectivity index is 1.84. The second kappa shape index (κ2) is 9.95. The molecular formula is C28H27N3O4. The standard InChI is InChI=1S/C28H27N3O4/c1-18-14-15-20(17-23(18)29)24-16-19(2)30-27(31-24)35-25(26(32)33)28(34-3,21-10-6-4-7-11-21)22-12-8-5-9-13-22/h4-17,25H,29H2,1-3H3,(H,32,33)/t25-/m1/s1. The first-order valence-corrected chi connectivity index (χ1v) is 11.1. The fourth-order valence-electron chi connectivity index (χ4n) is 4.14. The van der Waals surface area contributed by atoms with Gasteiger partial charge in [-0.15, -0.1) is 0 Å². The largest absolute Gasteiger partial charge is 0.478 e. The number of benzene rings is 3. The van der Waals surface area contributed by atoms with Gasteiger partial charge in [-0.25, -0.2) is 9.78 Å². The molecule has 4 aromatic rings. The molecule has 0 aliphatic carbocycles. The van der Waals surface area contributed by atoms with Crippen LogP contribution in [0.25, 0.3) is 11.3 Å². The molecule has 0 bridgehead atoms. The minimum atomic E-state index is -1.49. The number of carbonyl (C=O) groups is 1. The predicted octanol–water partition coefficient (Wildman–Crippen LogP) is 4.76. The lowest BCUT2D eigenvalue weighted by Crippen LogP contribution is -2.50. The molecule has 0 unspecified atom stereocenters. The number of rotatable bonds is 8. The topological polar surface area (TPSA) is 108 Å². The zero-order valence-corrected chi connectivity index (χ0v) is 19.8. The number of nitrogens with two attached hydrogens (primary N) is 1. The summed E-state index contributed by atoms with van der Waals surface area (Å²) in [5, 5.41) is 10.4. The highest BCUT2D eigenvalue weighted by atomic mass is 16.6. The second-order valence-electron chi connectivity index (χ2n) is 8.26. The second-order valence-corrected chi connectivity index (χ2v) is 8.26. The molecule has 7 heteroatoms. The number of methoxy groups -OCH3 is 1. The number of carboxylic acid groups (broad SMARTS) is 1. The number of hydrogen-bond donors (Lipinski definition) is 2. The zero-order chi connectivity index (χ0) is 25.0. The van der Waals surface area contributed by atoms with Gasteiger partial charge in [-0.05, 0) is 42.7 Å². The van der Waals surface area contributed by atoms with Crippen molar-refractivity contribution in [3.05, 3.63) is 107 Å². The van der Waals surface area contributed by atoms with Gasteiger partial charge in [0.15, 0.2) is 5.60 Å². The van der Waals surface area contributed by atoms with Gasteiger partial charge < -0.3 is 20.3 Å². The Morgan fingerprint density at radius 1 is 0.914 bits per heavy atom. The number of aryl methyl sites for hydroxylation is 2. The van der Waals surface area contributed by atoms with E-state index in [-0.39, 0.29) is 6.01 Å². The predicted molar refractivity (Wildman–Crippen MR) is 134 cm³/mol. The molecule has 3 N–H and O–H groups in total. The Kier molecular flexibility index (Phi) is 6.80. The third-order valence-corrected chi connectivity index (χ3v) is 5.95. The van der Waals surface area contributed by atoms with Crippen LogP contribution in [0, 0.1) is 13.8 Å². The fraction of sp³-hybridized carbons (Fsp3) is 0.179. The van der Waals surface area contributed by atoms with E-state index >= 15 is 0 Å². The smallest absolute Gasteiger partial charge is 0.348 e. The van der Waals surface area contributed by atoms with E-state index in [1.807, 2.05) is 85.8 Å². The van der Waals surface area contributed by atoms with Gasteiger partial charge in [0.25, 0.3) is 0 Å². The maximum atomic E-state index is 12.7. The van der Waals surface area contributed by atoms with E-state index in [0.717, 1.165) is 11.1 Å². The molecular weight excluding hydrogens is 442 g/mol. The van der Waals surface area contributed by atoms with E-state index in [9.17, 15) is 9.90 Å². The molecule has 0 amide bonds. The first-order valence-electron chi connectivity index (χ1n) is 11.1. The monoisotopic (exact) mass is 469 g/mol. The first-order chi connectivity index (χ1) is 16.8. The molecule has 4 rings (SSSR count). The Hall–Kier alpha value is -4.23. The molecule has 0 aliphatic rings. The third kappa shape index (κ3) is 4.72. The molecule has 0 aliphatic heterocycles. The van der Waals surface area contributed by atoms with Crippen LogP contribution in [0.1, 0.15) is 22.4 Å². The number of anilines is 1. The molecule has 1 aromatic heterocycles. The minimum absolute atomic E-state index is 0.0696. The van der Waals surface area contributed by atoms with E-state index in [1.54, 1.807) is 13.0 Å². The summed E-state index contributed by atoms with van der Waals surface area (Å²) in [6, 6.07) is 25.6. The summed E-state index contributed by atoms with van der Waals surface area (Å²) < 4.78 is 12.1. The van der Waals surface area contributed by atoms with Crippen LogP contribution in [0.4, 0.5) is 5.69 Å². The Bertz CT molecular complexity index is 1290. The highest BCUT2D eigenvalue weighted by molar-refractivity contribution is 5.76. The summed E-state index contributed by atoms with van der Waals surface area (Å²) in [6.07, 6.45) is -1.49. The number of carboxylic acids is 1. The molecule has 1 heterocycles. The maximum absolute atomic E-state index is 12.7. The van der Waals surface area contributed by atoms with E-state index in [2.05, 4.69) is 9.97 Å². The van der Waals surface area contributed by atoms with Crippen LogP contribution in [0.15, 0.2) is 84.9 Å². The van der Waals surface area contributed by atoms with Crippen molar-refractivity contribution in [3.63, 3.8) is 0 Å². The summed E-state index contributed by atoms with van der Waals surface area (Å²) in [5.41, 5.74) is 9.44. The van der Waals surface area contributed by atoms with Crippen LogP contribution in [0.2, 0.25) is 0 Å². The van der Waals surface area contributed by atoms with Crippen molar-refractivity contribution in [2.75, 3.05) is 12.8 Å². The highest BCUT2D eigenvalue weighted by Gasteiger charge is 2.49. The number of aromatic nitrogens is 2. The summed E-state index contributed by atoms with van der Waals surface area (Å²) in [6.45, 7) is 3.72. The number of nitrogens with zero attached hydrogens (tertiary/aromatic N) is 2. The van der Waals surface area contributed by atoms with Crippen molar-refractivity contribution in [2.45, 2.75) is 25.6 Å². The van der Waals surface area contributed by atoms with Crippen molar-refractivity contribution in [2.24, 2.45) is 0 Å². The van der Waals surface area contributed by atoms with E-state index < -0.39 is 17.7 Å². The molecule has 178 valence electrons. The SMILES string of the molecule is COC(c1ccccc1)(c1ccccc1)[C@H](Oc1nc(C)cc(-c2ccc(C)c(N)c2)n1)C(=O)O. The maximum Gasteiger partial charge on any atom is 0.348 e. The molecule has 0 fully saturated rings. The average molecular weight is 470 g/mol. The quantitative estimate of drug-likeness (QED) is 0.358. The summed E-state index contributed by atoms with van der Waals surface area (Å²) in [7, 11) is 1.47. The van der Waals surface area contributed by atoms with Crippen LogP contribution in [0.3, 0.4) is 0 Å². The Morgan fingerprint density at radius 3 is 2.03 bits per heavy atom. The summed E-state index contributed by atoms with van der Waals surface area (Å²) in [5.74, 6) is -1.22. The van der Waals surface area contributed by atoms with Crippen LogP contribution >= 0.6 is 0 Å².